The molecule has 2 N–H and O–H groups in total. The fraction of sp³-hybridized carbons (Fsp3) is 0.310. The number of fused-ring (bicyclic) bond motifs is 4. The van der Waals surface area contributed by atoms with Gasteiger partial charge in [0.05, 0.1) is 0 Å². The van der Waals surface area contributed by atoms with Crippen LogP contribution in [0.1, 0.15) is 28.8 Å². The number of aromatic amines is 1. The van der Waals surface area contributed by atoms with E-state index >= 15 is 0 Å². The van der Waals surface area contributed by atoms with E-state index in [1.165, 1.54) is 33.3 Å². The molecule has 0 amide bonds. The number of aromatic nitrogens is 1. The summed E-state index contributed by atoms with van der Waals surface area (Å²) in [4.78, 5) is 6.41. The topological polar surface area (TPSA) is 39.3 Å². The Morgan fingerprint density at radius 1 is 0.969 bits per heavy atom. The molecule has 1 fully saturated rings. The molecule has 0 radical (unpaired) electrons. The van der Waals surface area contributed by atoms with E-state index in [0.717, 1.165) is 45.3 Å². The van der Waals surface area contributed by atoms with E-state index in [2.05, 4.69) is 70.5 Å². The number of phenols is 1. The standard InChI is InChI=1S/C29H30N2O/c32-24-10-6-9-22(17-24)29-14-16-31(15-13-21-7-2-1-3-8-21)20-23(29)18-26-25-11-4-5-12-27(25)30-28(26)19-29/h1-12,17,23,30,32H,13-16,18-20H2/t23?,29-/m1/s1. The first-order chi connectivity index (χ1) is 15.7. The van der Waals surface area contributed by atoms with Crippen molar-refractivity contribution in [3.8, 4) is 5.75 Å². The van der Waals surface area contributed by atoms with Crippen molar-refractivity contribution in [1.29, 1.82) is 0 Å². The van der Waals surface area contributed by atoms with Crippen molar-refractivity contribution in [3.05, 3.63) is 101 Å². The Balaban J connectivity index is 1.34. The summed E-state index contributed by atoms with van der Waals surface area (Å²) in [7, 11) is 0. The van der Waals surface area contributed by atoms with Gasteiger partial charge in [-0.3, -0.25) is 0 Å². The Labute approximate surface area is 189 Å². The maximum Gasteiger partial charge on any atom is 0.115 e. The number of rotatable bonds is 4. The van der Waals surface area contributed by atoms with E-state index < -0.39 is 0 Å². The molecule has 1 unspecified atom stereocenters. The number of hydrogen-bond donors (Lipinski definition) is 2. The molecule has 3 aromatic carbocycles. The number of likely N-dealkylation sites (tertiary alicyclic amines) is 1. The largest absolute Gasteiger partial charge is 0.508 e. The van der Waals surface area contributed by atoms with E-state index in [4.69, 9.17) is 0 Å². The maximum absolute atomic E-state index is 10.3. The van der Waals surface area contributed by atoms with Gasteiger partial charge in [-0.2, -0.15) is 0 Å². The Morgan fingerprint density at radius 3 is 2.69 bits per heavy atom. The summed E-state index contributed by atoms with van der Waals surface area (Å²) in [5.41, 5.74) is 6.95. The van der Waals surface area contributed by atoms with Crippen molar-refractivity contribution in [1.82, 2.24) is 9.88 Å². The van der Waals surface area contributed by atoms with Crippen LogP contribution in [0.2, 0.25) is 0 Å². The summed E-state index contributed by atoms with van der Waals surface area (Å²) < 4.78 is 0. The molecule has 0 bridgehead atoms. The molecule has 162 valence electrons. The van der Waals surface area contributed by atoms with Crippen molar-refractivity contribution < 1.29 is 5.11 Å². The van der Waals surface area contributed by atoms with Gasteiger partial charge in [0.1, 0.15) is 5.75 Å². The van der Waals surface area contributed by atoms with Crippen molar-refractivity contribution in [3.63, 3.8) is 0 Å². The molecule has 0 spiro atoms. The van der Waals surface area contributed by atoms with Crippen LogP contribution in [0, 0.1) is 5.92 Å². The summed E-state index contributed by atoms with van der Waals surface area (Å²) >= 11 is 0. The monoisotopic (exact) mass is 422 g/mol. The van der Waals surface area contributed by atoms with Crippen LogP contribution in [0.4, 0.5) is 0 Å². The van der Waals surface area contributed by atoms with Gasteiger partial charge in [-0.05, 0) is 73.0 Å². The molecule has 0 saturated carbocycles. The van der Waals surface area contributed by atoms with Crippen LogP contribution >= 0.6 is 0 Å². The Hall–Kier alpha value is -3.04. The first-order valence-electron chi connectivity index (χ1n) is 11.9. The van der Waals surface area contributed by atoms with Crippen LogP contribution in [-0.4, -0.2) is 34.6 Å². The third-order valence-electron chi connectivity index (χ3n) is 7.96. The summed E-state index contributed by atoms with van der Waals surface area (Å²) in [6, 6.07) is 27.6. The molecule has 1 aliphatic heterocycles. The Kier molecular flexibility index (Phi) is 4.80. The third kappa shape index (κ3) is 3.32. The van der Waals surface area contributed by atoms with Gasteiger partial charge in [0.15, 0.2) is 0 Å². The van der Waals surface area contributed by atoms with Crippen LogP contribution < -0.4 is 0 Å². The van der Waals surface area contributed by atoms with Gasteiger partial charge in [-0.25, -0.2) is 0 Å². The zero-order valence-electron chi connectivity index (χ0n) is 18.4. The number of benzene rings is 3. The van der Waals surface area contributed by atoms with Crippen LogP contribution in [0.5, 0.6) is 5.75 Å². The molecular formula is C29H30N2O. The first-order valence-corrected chi connectivity index (χ1v) is 11.9. The fourth-order valence-corrected chi connectivity index (χ4v) is 6.27. The molecule has 6 rings (SSSR count). The van der Waals surface area contributed by atoms with Crippen molar-refractivity contribution in [2.75, 3.05) is 19.6 Å². The first kappa shape index (κ1) is 19.6. The maximum atomic E-state index is 10.3. The molecule has 1 aliphatic carbocycles. The molecule has 4 aromatic rings. The second-order valence-corrected chi connectivity index (χ2v) is 9.70. The zero-order chi connectivity index (χ0) is 21.5. The second-order valence-electron chi connectivity index (χ2n) is 9.70. The third-order valence-corrected chi connectivity index (χ3v) is 7.96. The number of aromatic hydroxyl groups is 1. The molecule has 1 aromatic heterocycles. The van der Waals surface area contributed by atoms with E-state index in [1.54, 1.807) is 6.07 Å². The molecule has 32 heavy (non-hydrogen) atoms. The smallest absolute Gasteiger partial charge is 0.115 e. The van der Waals surface area contributed by atoms with Crippen LogP contribution in [0.25, 0.3) is 10.9 Å². The molecule has 3 heteroatoms. The highest BCUT2D eigenvalue weighted by Crippen LogP contribution is 2.49. The zero-order valence-corrected chi connectivity index (χ0v) is 18.4. The molecule has 1 saturated heterocycles. The highest BCUT2D eigenvalue weighted by Gasteiger charge is 2.48. The van der Waals surface area contributed by atoms with E-state index in [1.807, 2.05) is 12.1 Å². The predicted octanol–water partition coefficient (Wildman–Crippen LogP) is 5.47. The highest BCUT2D eigenvalue weighted by molar-refractivity contribution is 5.85. The lowest BCUT2D eigenvalue weighted by molar-refractivity contribution is 0.0822. The van der Waals surface area contributed by atoms with Gasteiger partial charge in [0.25, 0.3) is 0 Å². The molecule has 2 atom stereocenters. The second kappa shape index (κ2) is 7.83. The average Bonchev–Trinajstić information content (AvgIpc) is 3.19. The molecule has 2 aliphatic rings. The van der Waals surface area contributed by atoms with Gasteiger partial charge in [-0.15, -0.1) is 0 Å². The average molecular weight is 423 g/mol. The fourth-order valence-electron chi connectivity index (χ4n) is 6.27. The molecular weight excluding hydrogens is 392 g/mol. The number of nitrogens with one attached hydrogen (secondary N) is 1. The minimum Gasteiger partial charge on any atom is -0.508 e. The van der Waals surface area contributed by atoms with E-state index in [-0.39, 0.29) is 5.41 Å². The van der Waals surface area contributed by atoms with Crippen molar-refractivity contribution >= 4 is 10.9 Å². The van der Waals surface area contributed by atoms with Gasteiger partial charge in [0, 0.05) is 35.1 Å². The van der Waals surface area contributed by atoms with E-state index in [0.29, 0.717) is 11.7 Å². The van der Waals surface area contributed by atoms with Gasteiger partial charge < -0.3 is 15.0 Å². The lowest BCUT2D eigenvalue weighted by Gasteiger charge is -2.51. The van der Waals surface area contributed by atoms with Crippen LogP contribution in [0.3, 0.4) is 0 Å². The number of piperidine rings is 1. The Bertz CT molecular complexity index is 1240. The number of H-pyrrole nitrogens is 1. The van der Waals surface area contributed by atoms with Gasteiger partial charge >= 0.3 is 0 Å². The van der Waals surface area contributed by atoms with Gasteiger partial charge in [-0.1, -0.05) is 60.7 Å². The van der Waals surface area contributed by atoms with Crippen LogP contribution in [-0.2, 0) is 24.7 Å². The summed E-state index contributed by atoms with van der Waals surface area (Å²) in [6.45, 7) is 3.33. The minimum atomic E-state index is 0.0792. The Morgan fingerprint density at radius 2 is 1.81 bits per heavy atom. The predicted molar refractivity (Wildman–Crippen MR) is 130 cm³/mol. The molecule has 2 heterocycles. The van der Waals surface area contributed by atoms with Crippen molar-refractivity contribution in [2.45, 2.75) is 31.1 Å². The number of hydrogen-bond acceptors (Lipinski definition) is 2. The molecule has 3 nitrogen and oxygen atoms in total. The lowest BCUT2D eigenvalue weighted by Crippen LogP contribution is -2.54. The van der Waals surface area contributed by atoms with E-state index in [9.17, 15) is 5.11 Å². The minimum absolute atomic E-state index is 0.0792. The van der Waals surface area contributed by atoms with Gasteiger partial charge in [0.2, 0.25) is 0 Å². The SMILES string of the molecule is Oc1cccc([C@]23CCN(CCc4ccccc4)CC2Cc2c([nH]c4ccccc24)C3)c1. The summed E-state index contributed by atoms with van der Waals surface area (Å²) in [5, 5.41) is 11.7. The van der Waals surface area contributed by atoms with Crippen LogP contribution in [0.15, 0.2) is 78.9 Å². The number of nitrogens with zero attached hydrogens (tertiary/aromatic N) is 1. The highest BCUT2D eigenvalue weighted by atomic mass is 16.3. The number of para-hydroxylation sites is 1. The lowest BCUT2D eigenvalue weighted by atomic mass is 9.58. The quantitative estimate of drug-likeness (QED) is 0.457. The normalized spacial score (nSPS) is 23.1. The summed E-state index contributed by atoms with van der Waals surface area (Å²) in [5.74, 6) is 0.921. The summed E-state index contributed by atoms with van der Waals surface area (Å²) in [6.07, 6.45) is 4.35. The van der Waals surface area contributed by atoms with Crippen molar-refractivity contribution in [2.24, 2.45) is 5.92 Å². The number of phenolic OH excluding ortho intramolecular Hbond substituents is 1.